The minimum Gasteiger partial charge on any atom is -0.456 e. The minimum absolute atomic E-state index is 0.127. The van der Waals surface area contributed by atoms with Crippen molar-refractivity contribution >= 4 is 27.5 Å². The predicted octanol–water partition coefficient (Wildman–Crippen LogP) is 5.60. The number of rotatable bonds is 3. The lowest BCUT2D eigenvalue weighted by Gasteiger charge is -2.36. The first-order valence-electron chi connectivity index (χ1n) is 8.73. The molecular formula is C20H18BrF2NO2. The van der Waals surface area contributed by atoms with Crippen LogP contribution < -0.4 is 9.64 Å². The quantitative estimate of drug-likeness (QED) is 0.645. The number of hydrogen-bond acceptors (Lipinski definition) is 2. The molecule has 0 saturated heterocycles. The fraction of sp³-hybridized carbons (Fsp3) is 0.350. The topological polar surface area (TPSA) is 29.5 Å². The first kappa shape index (κ1) is 17.5. The van der Waals surface area contributed by atoms with E-state index in [9.17, 15) is 13.6 Å². The highest BCUT2D eigenvalue weighted by Crippen LogP contribution is 2.45. The lowest BCUT2D eigenvalue weighted by Crippen LogP contribution is -2.43. The van der Waals surface area contributed by atoms with Gasteiger partial charge in [-0.2, -0.15) is 0 Å². The molecule has 2 aromatic rings. The van der Waals surface area contributed by atoms with Gasteiger partial charge in [-0.25, -0.2) is 8.78 Å². The van der Waals surface area contributed by atoms with Crippen LogP contribution in [0.5, 0.6) is 11.5 Å². The summed E-state index contributed by atoms with van der Waals surface area (Å²) < 4.78 is 33.3. The van der Waals surface area contributed by atoms with Gasteiger partial charge in [0.15, 0.2) is 11.6 Å². The van der Waals surface area contributed by atoms with Crippen LogP contribution in [0, 0.1) is 17.6 Å². The van der Waals surface area contributed by atoms with E-state index in [1.165, 1.54) is 6.07 Å². The zero-order chi connectivity index (χ0) is 18.4. The number of nitrogens with zero attached hydrogens (tertiary/aromatic N) is 1. The van der Waals surface area contributed by atoms with Gasteiger partial charge in [0, 0.05) is 23.6 Å². The molecule has 1 saturated carbocycles. The number of halogens is 3. The molecule has 136 valence electrons. The van der Waals surface area contributed by atoms with E-state index in [4.69, 9.17) is 4.74 Å². The van der Waals surface area contributed by atoms with E-state index in [0.29, 0.717) is 10.2 Å². The number of ether oxygens (including phenoxy) is 1. The lowest BCUT2D eigenvalue weighted by atomic mass is 9.95. The van der Waals surface area contributed by atoms with Crippen molar-refractivity contribution in [1.29, 1.82) is 0 Å². The van der Waals surface area contributed by atoms with Gasteiger partial charge in [0.05, 0.1) is 10.2 Å². The summed E-state index contributed by atoms with van der Waals surface area (Å²) in [5.41, 5.74) is 1.76. The molecule has 2 aromatic carbocycles. The second kappa shape index (κ2) is 6.65. The second-order valence-electron chi connectivity index (χ2n) is 6.92. The van der Waals surface area contributed by atoms with Crippen LogP contribution in [0.25, 0.3) is 0 Å². The monoisotopic (exact) mass is 421 g/mol. The van der Waals surface area contributed by atoms with Crippen molar-refractivity contribution in [3.63, 3.8) is 0 Å². The third-order valence-corrected chi connectivity index (χ3v) is 5.60. The molecule has 3 nitrogen and oxygen atoms in total. The molecule has 4 rings (SSSR count). The summed E-state index contributed by atoms with van der Waals surface area (Å²) in [5, 5.41) is 0. The Morgan fingerprint density at radius 3 is 2.62 bits per heavy atom. The van der Waals surface area contributed by atoms with Gasteiger partial charge in [0.1, 0.15) is 11.5 Å². The highest BCUT2D eigenvalue weighted by atomic mass is 79.9. The van der Waals surface area contributed by atoms with E-state index >= 15 is 0 Å². The van der Waals surface area contributed by atoms with Crippen LogP contribution in [0.3, 0.4) is 0 Å². The Labute approximate surface area is 159 Å². The van der Waals surface area contributed by atoms with Gasteiger partial charge in [-0.3, -0.25) is 4.79 Å². The standard InChI is InChI=1S/C20H18BrF2NO2/c1-11-2-6-14-18(24(11)20(25)12-3-4-12)9-7-15(21)19(14)26-13-5-8-16(22)17(23)10-13/h5,7-12H,2-4,6H2,1H3. The van der Waals surface area contributed by atoms with Crippen molar-refractivity contribution in [2.24, 2.45) is 5.92 Å². The summed E-state index contributed by atoms with van der Waals surface area (Å²) in [4.78, 5) is 14.6. The number of benzene rings is 2. The molecule has 1 fully saturated rings. The Bertz CT molecular complexity index is 882. The van der Waals surface area contributed by atoms with Crippen molar-refractivity contribution in [2.45, 2.75) is 38.6 Å². The number of fused-ring (bicyclic) bond motifs is 1. The van der Waals surface area contributed by atoms with Crippen molar-refractivity contribution < 1.29 is 18.3 Å². The normalized spacial score (nSPS) is 19.2. The SMILES string of the molecule is CC1CCc2c(ccc(Br)c2Oc2ccc(F)c(F)c2)N1C(=O)C1CC1. The first-order valence-corrected chi connectivity index (χ1v) is 9.52. The summed E-state index contributed by atoms with van der Waals surface area (Å²) in [6, 6.07) is 7.35. The fourth-order valence-electron chi connectivity index (χ4n) is 3.41. The highest BCUT2D eigenvalue weighted by molar-refractivity contribution is 9.10. The van der Waals surface area contributed by atoms with Gasteiger partial charge < -0.3 is 9.64 Å². The number of anilines is 1. The summed E-state index contributed by atoms with van der Waals surface area (Å²) in [6.45, 7) is 2.06. The molecule has 1 atom stereocenters. The third-order valence-electron chi connectivity index (χ3n) is 4.98. The molecule has 26 heavy (non-hydrogen) atoms. The maximum atomic E-state index is 13.5. The summed E-state index contributed by atoms with van der Waals surface area (Å²) in [6.07, 6.45) is 3.48. The number of hydrogen-bond donors (Lipinski definition) is 0. The molecule has 1 aliphatic heterocycles. The van der Waals surface area contributed by atoms with E-state index in [2.05, 4.69) is 22.9 Å². The van der Waals surface area contributed by atoms with E-state index < -0.39 is 11.6 Å². The molecule has 2 aliphatic rings. The lowest BCUT2D eigenvalue weighted by molar-refractivity contribution is -0.120. The third kappa shape index (κ3) is 3.11. The van der Waals surface area contributed by atoms with E-state index in [-0.39, 0.29) is 23.6 Å². The Kier molecular flexibility index (Phi) is 4.47. The Morgan fingerprint density at radius 2 is 1.92 bits per heavy atom. The van der Waals surface area contributed by atoms with Gasteiger partial charge in [0.2, 0.25) is 5.91 Å². The van der Waals surface area contributed by atoms with E-state index in [0.717, 1.165) is 49.1 Å². The average molecular weight is 422 g/mol. The maximum absolute atomic E-state index is 13.5. The van der Waals surface area contributed by atoms with Crippen molar-refractivity contribution in [2.75, 3.05) is 4.90 Å². The first-order chi connectivity index (χ1) is 12.5. The largest absolute Gasteiger partial charge is 0.456 e. The van der Waals surface area contributed by atoms with Crippen LogP contribution in [-0.4, -0.2) is 11.9 Å². The smallest absolute Gasteiger partial charge is 0.230 e. The van der Waals surface area contributed by atoms with Gasteiger partial charge in [-0.05, 0) is 72.8 Å². The van der Waals surface area contributed by atoms with Crippen LogP contribution in [0.4, 0.5) is 14.5 Å². The molecule has 1 aliphatic carbocycles. The molecule has 1 amide bonds. The number of amides is 1. The number of carbonyl (C=O) groups is 1. The van der Waals surface area contributed by atoms with E-state index in [1.54, 1.807) is 0 Å². The number of carbonyl (C=O) groups excluding carboxylic acids is 1. The molecule has 1 heterocycles. The Morgan fingerprint density at radius 1 is 1.15 bits per heavy atom. The van der Waals surface area contributed by atoms with Crippen molar-refractivity contribution in [1.82, 2.24) is 0 Å². The highest BCUT2D eigenvalue weighted by Gasteiger charge is 2.39. The molecule has 6 heteroatoms. The van der Waals surface area contributed by atoms with Crippen LogP contribution in [0.15, 0.2) is 34.8 Å². The molecule has 0 bridgehead atoms. The Balaban J connectivity index is 1.74. The molecule has 0 aromatic heterocycles. The van der Waals surface area contributed by atoms with Crippen molar-refractivity contribution in [3.05, 3.63) is 52.0 Å². The predicted molar refractivity (Wildman–Crippen MR) is 98.6 cm³/mol. The molecule has 0 N–H and O–H groups in total. The zero-order valence-electron chi connectivity index (χ0n) is 14.3. The minimum atomic E-state index is -0.956. The van der Waals surface area contributed by atoms with Crippen LogP contribution in [0.1, 0.15) is 31.7 Å². The summed E-state index contributed by atoms with van der Waals surface area (Å²) in [5.74, 6) is -0.808. The second-order valence-corrected chi connectivity index (χ2v) is 7.78. The zero-order valence-corrected chi connectivity index (χ0v) is 15.9. The van der Waals surface area contributed by atoms with Gasteiger partial charge in [0.25, 0.3) is 0 Å². The fourth-order valence-corrected chi connectivity index (χ4v) is 3.86. The van der Waals surface area contributed by atoms with Crippen molar-refractivity contribution in [3.8, 4) is 11.5 Å². The maximum Gasteiger partial charge on any atom is 0.230 e. The molecular weight excluding hydrogens is 404 g/mol. The van der Waals surface area contributed by atoms with Crippen LogP contribution in [-0.2, 0) is 11.2 Å². The average Bonchev–Trinajstić information content (AvgIpc) is 3.45. The van der Waals surface area contributed by atoms with Gasteiger partial charge in [-0.1, -0.05) is 0 Å². The van der Waals surface area contributed by atoms with E-state index in [1.807, 2.05) is 17.0 Å². The summed E-state index contributed by atoms with van der Waals surface area (Å²) in [7, 11) is 0. The van der Waals surface area contributed by atoms with Gasteiger partial charge in [-0.15, -0.1) is 0 Å². The summed E-state index contributed by atoms with van der Waals surface area (Å²) >= 11 is 3.48. The van der Waals surface area contributed by atoms with Gasteiger partial charge >= 0.3 is 0 Å². The van der Waals surface area contributed by atoms with Crippen LogP contribution >= 0.6 is 15.9 Å². The molecule has 0 radical (unpaired) electrons. The Hall–Kier alpha value is -1.95. The van der Waals surface area contributed by atoms with Crippen LogP contribution in [0.2, 0.25) is 0 Å². The molecule has 0 spiro atoms. The molecule has 1 unspecified atom stereocenters.